The summed E-state index contributed by atoms with van der Waals surface area (Å²) in [4.78, 5) is 14.1. The Hall–Kier alpha value is -1.52. The third-order valence-electron chi connectivity index (χ3n) is 3.73. The standard InChI is InChI=1S/C13H22N4O/c1-2-11-4-3-6-16(7-5-11)13(18)10-17-9-12(14)8-15-17/h8-9,11H,2-7,10,14H2,1H3. The Morgan fingerprint density at radius 1 is 1.50 bits per heavy atom. The first-order valence-corrected chi connectivity index (χ1v) is 6.74. The average molecular weight is 250 g/mol. The number of nitrogens with two attached hydrogens (primary N) is 1. The second-order valence-electron chi connectivity index (χ2n) is 5.06. The molecule has 1 fully saturated rings. The molecular formula is C13H22N4O. The minimum atomic E-state index is 0.148. The highest BCUT2D eigenvalue weighted by Crippen LogP contribution is 2.20. The summed E-state index contributed by atoms with van der Waals surface area (Å²) in [5.41, 5.74) is 6.19. The molecule has 0 aromatic carbocycles. The van der Waals surface area contributed by atoms with E-state index in [0.29, 0.717) is 12.2 Å². The maximum absolute atomic E-state index is 12.1. The van der Waals surface area contributed by atoms with Gasteiger partial charge < -0.3 is 10.6 Å². The van der Waals surface area contributed by atoms with Crippen LogP contribution in [0, 0.1) is 5.92 Å². The van der Waals surface area contributed by atoms with Crippen molar-refractivity contribution in [3.63, 3.8) is 0 Å². The predicted molar refractivity (Wildman–Crippen MR) is 70.9 cm³/mol. The molecular weight excluding hydrogens is 228 g/mol. The molecule has 1 unspecified atom stereocenters. The summed E-state index contributed by atoms with van der Waals surface area (Å²) < 4.78 is 1.61. The molecule has 100 valence electrons. The molecule has 18 heavy (non-hydrogen) atoms. The lowest BCUT2D eigenvalue weighted by Crippen LogP contribution is -2.34. The topological polar surface area (TPSA) is 64.2 Å². The zero-order valence-corrected chi connectivity index (χ0v) is 11.0. The van der Waals surface area contributed by atoms with Gasteiger partial charge in [-0.15, -0.1) is 0 Å². The van der Waals surface area contributed by atoms with Crippen LogP contribution in [-0.4, -0.2) is 33.7 Å². The third-order valence-corrected chi connectivity index (χ3v) is 3.73. The van der Waals surface area contributed by atoms with Crippen LogP contribution in [0.2, 0.25) is 0 Å². The smallest absolute Gasteiger partial charge is 0.244 e. The molecule has 0 spiro atoms. The summed E-state index contributed by atoms with van der Waals surface area (Å²) in [6, 6.07) is 0. The van der Waals surface area contributed by atoms with Crippen LogP contribution >= 0.6 is 0 Å². The van der Waals surface area contributed by atoms with E-state index < -0.39 is 0 Å². The fourth-order valence-corrected chi connectivity index (χ4v) is 2.53. The van der Waals surface area contributed by atoms with E-state index in [0.717, 1.165) is 31.8 Å². The van der Waals surface area contributed by atoms with Crippen molar-refractivity contribution in [2.75, 3.05) is 18.8 Å². The van der Waals surface area contributed by atoms with E-state index in [9.17, 15) is 4.79 Å². The van der Waals surface area contributed by atoms with Gasteiger partial charge >= 0.3 is 0 Å². The SMILES string of the molecule is CCC1CCCN(C(=O)Cn2cc(N)cn2)CC1. The number of likely N-dealkylation sites (tertiary alicyclic amines) is 1. The average Bonchev–Trinajstić information content (AvgIpc) is 2.65. The lowest BCUT2D eigenvalue weighted by atomic mass is 9.98. The molecule has 1 amide bonds. The molecule has 1 aliphatic heterocycles. The Kier molecular flexibility index (Phi) is 4.23. The highest BCUT2D eigenvalue weighted by atomic mass is 16.2. The Bertz CT molecular complexity index is 401. The van der Waals surface area contributed by atoms with Crippen LogP contribution in [0.4, 0.5) is 5.69 Å². The van der Waals surface area contributed by atoms with Gasteiger partial charge in [0.15, 0.2) is 0 Å². The van der Waals surface area contributed by atoms with Gasteiger partial charge in [0.25, 0.3) is 0 Å². The maximum atomic E-state index is 12.1. The van der Waals surface area contributed by atoms with Gasteiger partial charge in [0, 0.05) is 19.3 Å². The fraction of sp³-hybridized carbons (Fsp3) is 0.692. The van der Waals surface area contributed by atoms with Crippen LogP contribution in [0.15, 0.2) is 12.4 Å². The van der Waals surface area contributed by atoms with E-state index >= 15 is 0 Å². The minimum absolute atomic E-state index is 0.148. The lowest BCUT2D eigenvalue weighted by molar-refractivity contribution is -0.132. The molecule has 5 heteroatoms. The van der Waals surface area contributed by atoms with Crippen molar-refractivity contribution < 1.29 is 4.79 Å². The van der Waals surface area contributed by atoms with Crippen LogP contribution in [0.1, 0.15) is 32.6 Å². The lowest BCUT2D eigenvalue weighted by Gasteiger charge is -2.20. The van der Waals surface area contributed by atoms with Crippen molar-refractivity contribution in [2.24, 2.45) is 5.92 Å². The molecule has 0 bridgehead atoms. The third kappa shape index (κ3) is 3.24. The van der Waals surface area contributed by atoms with E-state index in [-0.39, 0.29) is 5.91 Å². The van der Waals surface area contributed by atoms with E-state index in [4.69, 9.17) is 5.73 Å². The monoisotopic (exact) mass is 250 g/mol. The molecule has 1 aliphatic rings. The van der Waals surface area contributed by atoms with Crippen LogP contribution in [0.5, 0.6) is 0 Å². The summed E-state index contributed by atoms with van der Waals surface area (Å²) in [7, 11) is 0. The molecule has 0 radical (unpaired) electrons. The van der Waals surface area contributed by atoms with Crippen LogP contribution in [0.3, 0.4) is 0 Å². The summed E-state index contributed by atoms with van der Waals surface area (Å²) in [5.74, 6) is 0.929. The van der Waals surface area contributed by atoms with Crippen LogP contribution in [0.25, 0.3) is 0 Å². The second kappa shape index (κ2) is 5.89. The van der Waals surface area contributed by atoms with E-state index in [2.05, 4.69) is 12.0 Å². The maximum Gasteiger partial charge on any atom is 0.244 e. The van der Waals surface area contributed by atoms with Gasteiger partial charge in [0.05, 0.1) is 11.9 Å². The number of anilines is 1. The molecule has 5 nitrogen and oxygen atoms in total. The normalized spacial score (nSPS) is 20.7. The predicted octanol–water partition coefficient (Wildman–Crippen LogP) is 1.50. The van der Waals surface area contributed by atoms with Gasteiger partial charge in [-0.2, -0.15) is 5.10 Å². The quantitative estimate of drug-likeness (QED) is 0.884. The largest absolute Gasteiger partial charge is 0.396 e. The minimum Gasteiger partial charge on any atom is -0.396 e. The first-order valence-electron chi connectivity index (χ1n) is 6.74. The Morgan fingerprint density at radius 3 is 3.00 bits per heavy atom. The highest BCUT2D eigenvalue weighted by Gasteiger charge is 2.19. The van der Waals surface area contributed by atoms with Gasteiger partial charge in [-0.25, -0.2) is 0 Å². The van der Waals surface area contributed by atoms with E-state index in [1.807, 2.05) is 4.90 Å². The number of carbonyl (C=O) groups excluding carboxylic acids is 1. The zero-order valence-electron chi connectivity index (χ0n) is 11.0. The molecule has 1 atom stereocenters. The number of rotatable bonds is 3. The van der Waals surface area contributed by atoms with Crippen molar-refractivity contribution in [1.82, 2.24) is 14.7 Å². The van der Waals surface area contributed by atoms with Crippen LogP contribution < -0.4 is 5.73 Å². The second-order valence-corrected chi connectivity index (χ2v) is 5.06. The van der Waals surface area contributed by atoms with Crippen molar-refractivity contribution in [1.29, 1.82) is 0 Å². The first kappa shape index (κ1) is 12.9. The van der Waals surface area contributed by atoms with Crippen molar-refractivity contribution in [2.45, 2.75) is 39.2 Å². The number of nitrogens with zero attached hydrogens (tertiary/aromatic N) is 3. The van der Waals surface area contributed by atoms with Gasteiger partial charge in [-0.05, 0) is 25.2 Å². The Labute approximate surface area is 108 Å². The number of amides is 1. The summed E-state index contributed by atoms with van der Waals surface area (Å²) in [6.45, 7) is 4.29. The zero-order chi connectivity index (χ0) is 13.0. The van der Waals surface area contributed by atoms with Crippen molar-refractivity contribution in [3.8, 4) is 0 Å². The van der Waals surface area contributed by atoms with Crippen molar-refractivity contribution >= 4 is 11.6 Å². The Morgan fingerprint density at radius 2 is 2.33 bits per heavy atom. The number of hydrogen-bond donors (Lipinski definition) is 1. The summed E-state index contributed by atoms with van der Waals surface area (Å²) in [5, 5.41) is 4.05. The molecule has 0 saturated carbocycles. The van der Waals surface area contributed by atoms with Crippen molar-refractivity contribution in [3.05, 3.63) is 12.4 Å². The molecule has 1 aromatic rings. The van der Waals surface area contributed by atoms with Gasteiger partial charge in [-0.1, -0.05) is 13.3 Å². The first-order chi connectivity index (χ1) is 8.69. The molecule has 0 aliphatic carbocycles. The Balaban J connectivity index is 1.89. The number of carbonyl (C=O) groups is 1. The highest BCUT2D eigenvalue weighted by molar-refractivity contribution is 5.76. The van der Waals surface area contributed by atoms with Gasteiger partial charge in [0.1, 0.15) is 6.54 Å². The molecule has 1 aromatic heterocycles. The summed E-state index contributed by atoms with van der Waals surface area (Å²) in [6.07, 6.45) is 7.98. The van der Waals surface area contributed by atoms with E-state index in [1.165, 1.54) is 12.8 Å². The number of hydrogen-bond acceptors (Lipinski definition) is 3. The van der Waals surface area contributed by atoms with Crippen LogP contribution in [-0.2, 0) is 11.3 Å². The van der Waals surface area contributed by atoms with Gasteiger partial charge in [-0.3, -0.25) is 9.48 Å². The number of nitrogen functional groups attached to an aromatic ring is 1. The molecule has 2 rings (SSSR count). The molecule has 2 N–H and O–H groups in total. The van der Waals surface area contributed by atoms with Gasteiger partial charge in [0.2, 0.25) is 5.91 Å². The fourth-order valence-electron chi connectivity index (χ4n) is 2.53. The number of aromatic nitrogens is 2. The molecule has 2 heterocycles. The summed E-state index contributed by atoms with van der Waals surface area (Å²) >= 11 is 0. The van der Waals surface area contributed by atoms with E-state index in [1.54, 1.807) is 17.1 Å². The molecule has 1 saturated heterocycles.